The zero-order valence-corrected chi connectivity index (χ0v) is 17.0. The van der Waals surface area contributed by atoms with E-state index in [0.717, 1.165) is 23.9 Å². The van der Waals surface area contributed by atoms with Crippen LogP contribution in [0.3, 0.4) is 0 Å². The van der Waals surface area contributed by atoms with Crippen LogP contribution in [0.1, 0.15) is 42.4 Å². The van der Waals surface area contributed by atoms with E-state index >= 15 is 0 Å². The highest BCUT2D eigenvalue weighted by Crippen LogP contribution is 2.48. The number of hydrogen-bond acceptors (Lipinski definition) is 9. The van der Waals surface area contributed by atoms with Crippen molar-refractivity contribution >= 4 is 35.0 Å². The highest BCUT2D eigenvalue weighted by molar-refractivity contribution is 7.99. The van der Waals surface area contributed by atoms with Crippen LogP contribution in [0.25, 0.3) is 5.00 Å². The van der Waals surface area contributed by atoms with Gasteiger partial charge in [-0.15, -0.1) is 21.5 Å². The Hall–Kier alpha value is -1.62. The Morgan fingerprint density at radius 1 is 1.44 bits per heavy atom. The van der Waals surface area contributed by atoms with Crippen LogP contribution in [0, 0.1) is 5.92 Å². The second-order valence-electron chi connectivity index (χ2n) is 7.09. The predicted molar refractivity (Wildman–Crippen MR) is 104 cm³/mol. The average molecular weight is 407 g/mol. The van der Waals surface area contributed by atoms with Gasteiger partial charge in [-0.25, -0.2) is 9.99 Å². The number of thioether (sulfide) groups is 1. The third-order valence-corrected chi connectivity index (χ3v) is 7.46. The van der Waals surface area contributed by atoms with Gasteiger partial charge >= 0.3 is 5.97 Å². The fraction of sp³-hybridized carbons (Fsp3) is 0.588. The number of nitrogens with one attached hydrogen (secondary N) is 2. The standard InChI is InChI=1S/C17H22N6O2S2/c1-3-25-12(24)7-26-17-21-20-16-22(17)15-13(14-18-8-19-23(14)16)10-6-9(2)4-5-11(10)27-15/h9,14,18-19H,3-8H2,1-2H3/t9-,14?/m1/s1. The molecule has 1 aliphatic carbocycles. The van der Waals surface area contributed by atoms with Crippen LogP contribution in [0.2, 0.25) is 0 Å². The van der Waals surface area contributed by atoms with Gasteiger partial charge in [-0.2, -0.15) is 0 Å². The van der Waals surface area contributed by atoms with E-state index in [4.69, 9.17) is 4.74 Å². The van der Waals surface area contributed by atoms with E-state index in [1.54, 1.807) is 0 Å². The number of ether oxygens (including phenoxy) is 1. The lowest BCUT2D eigenvalue weighted by molar-refractivity contribution is -0.139. The molecule has 0 aromatic carbocycles. The molecule has 4 heterocycles. The van der Waals surface area contributed by atoms with E-state index in [9.17, 15) is 4.79 Å². The Morgan fingerprint density at radius 2 is 2.33 bits per heavy atom. The molecule has 0 amide bonds. The van der Waals surface area contributed by atoms with Crippen LogP contribution in [-0.2, 0) is 22.4 Å². The number of carbonyl (C=O) groups excluding carboxylic acids is 1. The molecule has 2 aromatic rings. The molecule has 0 radical (unpaired) electrons. The summed E-state index contributed by atoms with van der Waals surface area (Å²) in [6, 6.07) is 0. The van der Waals surface area contributed by atoms with Crippen LogP contribution in [-0.4, -0.2) is 39.8 Å². The van der Waals surface area contributed by atoms with Crippen LogP contribution < -0.4 is 15.8 Å². The molecule has 10 heteroatoms. The zero-order valence-electron chi connectivity index (χ0n) is 15.3. The lowest BCUT2D eigenvalue weighted by Crippen LogP contribution is -2.39. The first-order chi connectivity index (χ1) is 13.2. The largest absolute Gasteiger partial charge is 0.465 e. The number of nitrogens with zero attached hydrogens (tertiary/aromatic N) is 4. The first-order valence-corrected chi connectivity index (χ1v) is 11.1. The smallest absolute Gasteiger partial charge is 0.316 e. The molecule has 2 atom stereocenters. The van der Waals surface area contributed by atoms with Crippen molar-refractivity contribution < 1.29 is 9.53 Å². The maximum atomic E-state index is 11.8. The monoisotopic (exact) mass is 406 g/mol. The molecule has 2 N–H and O–H groups in total. The Kier molecular flexibility index (Phi) is 4.38. The van der Waals surface area contributed by atoms with E-state index in [1.807, 2.05) is 18.3 Å². The van der Waals surface area contributed by atoms with Crippen molar-refractivity contribution in [2.45, 2.75) is 44.4 Å². The van der Waals surface area contributed by atoms with Crippen molar-refractivity contribution in [3.8, 4) is 5.00 Å². The van der Waals surface area contributed by atoms with Gasteiger partial charge in [-0.3, -0.25) is 15.1 Å². The van der Waals surface area contributed by atoms with E-state index < -0.39 is 0 Å². The number of fused-ring (bicyclic) bond motifs is 8. The summed E-state index contributed by atoms with van der Waals surface area (Å²) in [6.45, 7) is 5.24. The van der Waals surface area contributed by atoms with E-state index in [1.165, 1.54) is 39.2 Å². The number of carbonyl (C=O) groups is 1. The van der Waals surface area contributed by atoms with Gasteiger partial charge in [0.15, 0.2) is 5.16 Å². The van der Waals surface area contributed by atoms with Gasteiger partial charge in [0, 0.05) is 10.4 Å². The molecule has 1 unspecified atom stereocenters. The molecule has 144 valence electrons. The minimum Gasteiger partial charge on any atom is -0.465 e. The second kappa shape index (κ2) is 6.77. The third kappa shape index (κ3) is 2.77. The maximum Gasteiger partial charge on any atom is 0.316 e. The summed E-state index contributed by atoms with van der Waals surface area (Å²) in [5.41, 5.74) is 6.20. The minimum absolute atomic E-state index is 0.0879. The molecule has 1 fully saturated rings. The quantitative estimate of drug-likeness (QED) is 0.589. The van der Waals surface area contributed by atoms with Gasteiger partial charge in [-0.1, -0.05) is 18.7 Å². The minimum atomic E-state index is -0.228. The number of hydrogen-bond donors (Lipinski definition) is 2. The maximum absolute atomic E-state index is 11.8. The molecule has 0 spiro atoms. The van der Waals surface area contributed by atoms with Gasteiger partial charge in [0.25, 0.3) is 0 Å². The first kappa shape index (κ1) is 17.5. The predicted octanol–water partition coefficient (Wildman–Crippen LogP) is 1.99. The van der Waals surface area contributed by atoms with Gasteiger partial charge in [0.05, 0.1) is 19.0 Å². The Bertz CT molecular complexity index is 894. The number of hydrazine groups is 1. The van der Waals surface area contributed by atoms with Crippen molar-refractivity contribution in [3.63, 3.8) is 0 Å². The molecular weight excluding hydrogens is 384 g/mol. The summed E-state index contributed by atoms with van der Waals surface area (Å²) >= 11 is 3.23. The Labute approximate surface area is 165 Å². The summed E-state index contributed by atoms with van der Waals surface area (Å²) in [6.07, 6.45) is 3.59. The van der Waals surface area contributed by atoms with Crippen molar-refractivity contribution in [1.29, 1.82) is 0 Å². The fourth-order valence-corrected chi connectivity index (χ4v) is 6.22. The molecule has 2 aromatic heterocycles. The molecule has 0 saturated carbocycles. The highest BCUT2D eigenvalue weighted by Gasteiger charge is 2.42. The summed E-state index contributed by atoms with van der Waals surface area (Å²) in [5.74, 6) is 1.49. The Morgan fingerprint density at radius 3 is 3.19 bits per heavy atom. The summed E-state index contributed by atoms with van der Waals surface area (Å²) in [5, 5.41) is 16.3. The van der Waals surface area contributed by atoms with Crippen molar-refractivity contribution in [2.75, 3.05) is 24.0 Å². The van der Waals surface area contributed by atoms with Gasteiger partial charge in [0.2, 0.25) is 5.95 Å². The molecule has 27 heavy (non-hydrogen) atoms. The lowest BCUT2D eigenvalue weighted by Gasteiger charge is -2.31. The van der Waals surface area contributed by atoms with E-state index in [-0.39, 0.29) is 17.9 Å². The molecule has 8 nitrogen and oxygen atoms in total. The van der Waals surface area contributed by atoms with Gasteiger partial charge in [-0.05, 0) is 37.7 Å². The summed E-state index contributed by atoms with van der Waals surface area (Å²) in [4.78, 5) is 13.3. The van der Waals surface area contributed by atoms with Crippen LogP contribution in [0.15, 0.2) is 5.16 Å². The fourth-order valence-electron chi connectivity index (χ4n) is 4.06. The van der Waals surface area contributed by atoms with Crippen molar-refractivity contribution in [1.82, 2.24) is 25.5 Å². The molecule has 0 bridgehead atoms. The number of aryl methyl sites for hydroxylation is 1. The molecule has 1 saturated heterocycles. The lowest BCUT2D eigenvalue weighted by atomic mass is 9.87. The second-order valence-corrected chi connectivity index (χ2v) is 9.12. The van der Waals surface area contributed by atoms with Crippen molar-refractivity contribution in [2.24, 2.45) is 5.92 Å². The normalized spacial score (nSPS) is 22.8. The number of thiophene rings is 1. The molecule has 2 aliphatic heterocycles. The number of aromatic nitrogens is 3. The molecular formula is C17H22N6O2S2. The SMILES string of the molecule is CCOC(=O)CSc1nnc2n1-c1sc3c(c1C1NCNN21)C[C@H](C)CC3. The highest BCUT2D eigenvalue weighted by atomic mass is 32.2. The van der Waals surface area contributed by atoms with Gasteiger partial charge in [0.1, 0.15) is 11.2 Å². The van der Waals surface area contributed by atoms with Crippen LogP contribution in [0.4, 0.5) is 5.95 Å². The third-order valence-electron chi connectivity index (χ3n) is 5.26. The molecule has 3 aliphatic rings. The van der Waals surface area contributed by atoms with Crippen LogP contribution in [0.5, 0.6) is 0 Å². The number of anilines is 1. The topological polar surface area (TPSA) is 84.3 Å². The Balaban J connectivity index is 1.57. The van der Waals surface area contributed by atoms with Crippen LogP contribution >= 0.6 is 23.1 Å². The summed E-state index contributed by atoms with van der Waals surface area (Å²) < 4.78 is 7.15. The number of esters is 1. The average Bonchev–Trinajstić information content (AvgIpc) is 3.35. The van der Waals surface area contributed by atoms with E-state index in [2.05, 4.69) is 37.4 Å². The van der Waals surface area contributed by atoms with E-state index in [0.29, 0.717) is 19.2 Å². The van der Waals surface area contributed by atoms with Crippen molar-refractivity contribution in [3.05, 3.63) is 16.0 Å². The summed E-state index contributed by atoms with van der Waals surface area (Å²) in [7, 11) is 0. The van der Waals surface area contributed by atoms with Gasteiger partial charge < -0.3 is 4.74 Å². The zero-order chi connectivity index (χ0) is 18.5. The number of rotatable bonds is 4. The molecule has 5 rings (SSSR count). The first-order valence-electron chi connectivity index (χ1n) is 9.32.